The summed E-state index contributed by atoms with van der Waals surface area (Å²) in [4.78, 5) is 12.7. The van der Waals surface area contributed by atoms with Crippen LogP contribution in [0.3, 0.4) is 0 Å². The lowest BCUT2D eigenvalue weighted by Gasteiger charge is -2.24. The van der Waals surface area contributed by atoms with Crippen LogP contribution >= 0.6 is 22.9 Å². The van der Waals surface area contributed by atoms with Crippen molar-refractivity contribution in [3.05, 3.63) is 52.2 Å². The molecule has 2 N–H and O–H groups in total. The Morgan fingerprint density at radius 2 is 2.15 bits per heavy atom. The van der Waals surface area contributed by atoms with Crippen LogP contribution in [0.15, 0.2) is 40.6 Å². The second kappa shape index (κ2) is 9.51. The van der Waals surface area contributed by atoms with E-state index in [1.807, 2.05) is 25.2 Å². The molecule has 8 nitrogen and oxygen atoms in total. The molecule has 0 spiro atoms. The van der Waals surface area contributed by atoms with Gasteiger partial charge in [-0.1, -0.05) is 17.7 Å². The van der Waals surface area contributed by atoms with Gasteiger partial charge >= 0.3 is 0 Å². The molecule has 0 aliphatic carbocycles. The van der Waals surface area contributed by atoms with Gasteiger partial charge in [0, 0.05) is 54.8 Å². The van der Waals surface area contributed by atoms with Gasteiger partial charge in [0.2, 0.25) is 15.9 Å². The van der Waals surface area contributed by atoms with Crippen LogP contribution < -0.4 is 14.8 Å². The summed E-state index contributed by atoms with van der Waals surface area (Å²) in [6.45, 7) is 2.45. The molecule has 0 bridgehead atoms. The van der Waals surface area contributed by atoms with Gasteiger partial charge in [-0.25, -0.2) is 27.9 Å². The van der Waals surface area contributed by atoms with Crippen molar-refractivity contribution >= 4 is 38.1 Å². The average Bonchev–Trinajstić information content (AvgIpc) is 3.44. The number of nitrogens with zero attached hydrogens (tertiary/aromatic N) is 4. The first-order valence-electron chi connectivity index (χ1n) is 10.1. The van der Waals surface area contributed by atoms with Gasteiger partial charge < -0.3 is 9.64 Å². The fourth-order valence-electron chi connectivity index (χ4n) is 3.82. The number of aromatic nitrogens is 2. The standard InChI is InChI=1S/C21H23ClFN5O3S2/c1-27(15-6-7-28(11-15)10-14-4-3-5-19(25-14)31-2)21-26-17(12-32-21)16-8-13(22)9-18(20(16)23)33(24,29)30/h3-5,8-9,12,15H,6-7,10-11H2,1-2H3,(H2,24,29,30). The molecule has 3 aromatic rings. The highest BCUT2D eigenvalue weighted by Gasteiger charge is 2.28. The summed E-state index contributed by atoms with van der Waals surface area (Å²) in [5.41, 5.74) is 1.25. The number of hydrogen-bond donors (Lipinski definition) is 1. The zero-order valence-corrected chi connectivity index (χ0v) is 20.4. The topological polar surface area (TPSA) is 102 Å². The molecule has 4 rings (SSSR count). The number of likely N-dealkylation sites (N-methyl/N-ethyl adjacent to an activating group) is 1. The molecule has 2 aromatic heterocycles. The fraction of sp³-hybridized carbons (Fsp3) is 0.333. The Kier molecular flexibility index (Phi) is 6.87. The summed E-state index contributed by atoms with van der Waals surface area (Å²) in [5, 5.41) is 7.57. The molecular formula is C21H23ClFN5O3S2. The molecule has 1 aliphatic rings. The van der Waals surface area contributed by atoms with Crippen LogP contribution in [0.5, 0.6) is 5.88 Å². The summed E-state index contributed by atoms with van der Waals surface area (Å²) < 4.78 is 43.5. The molecule has 1 saturated heterocycles. The third-order valence-electron chi connectivity index (χ3n) is 5.55. The van der Waals surface area contributed by atoms with Crippen LogP contribution in [0.1, 0.15) is 12.1 Å². The predicted octanol–water partition coefficient (Wildman–Crippen LogP) is 3.36. The van der Waals surface area contributed by atoms with E-state index in [9.17, 15) is 12.8 Å². The molecule has 1 aromatic carbocycles. The number of likely N-dealkylation sites (tertiary alicyclic amines) is 1. The maximum atomic E-state index is 14.9. The lowest BCUT2D eigenvalue weighted by atomic mass is 10.1. The smallest absolute Gasteiger partial charge is 0.241 e. The summed E-state index contributed by atoms with van der Waals surface area (Å²) in [6, 6.07) is 8.29. The zero-order chi connectivity index (χ0) is 23.8. The number of anilines is 1. The molecule has 0 saturated carbocycles. The highest BCUT2D eigenvalue weighted by atomic mass is 35.5. The minimum atomic E-state index is -4.26. The van der Waals surface area contributed by atoms with Gasteiger partial charge in [-0.3, -0.25) is 4.90 Å². The monoisotopic (exact) mass is 511 g/mol. The number of sulfonamides is 1. The molecule has 1 aliphatic heterocycles. The largest absolute Gasteiger partial charge is 0.481 e. The van der Waals surface area contributed by atoms with Crippen LogP contribution in [-0.4, -0.2) is 56.6 Å². The van der Waals surface area contributed by atoms with Gasteiger partial charge in [-0.15, -0.1) is 11.3 Å². The van der Waals surface area contributed by atoms with Crippen molar-refractivity contribution in [1.82, 2.24) is 14.9 Å². The van der Waals surface area contributed by atoms with Gasteiger partial charge in [0.15, 0.2) is 10.9 Å². The molecule has 0 amide bonds. The Labute approximate surface area is 200 Å². The SMILES string of the molecule is COc1cccc(CN2CCC(N(C)c3nc(-c4cc(Cl)cc(S(N)(=O)=O)c4F)cs3)C2)n1. The van der Waals surface area contributed by atoms with Crippen LogP contribution in [-0.2, 0) is 16.6 Å². The third-order valence-corrected chi connectivity index (χ3v) is 7.61. The van der Waals surface area contributed by atoms with Crippen molar-refractivity contribution < 1.29 is 17.5 Å². The predicted molar refractivity (Wildman–Crippen MR) is 127 cm³/mol. The minimum Gasteiger partial charge on any atom is -0.481 e. The number of primary sulfonamides is 1. The Morgan fingerprint density at radius 3 is 2.88 bits per heavy atom. The molecule has 1 unspecified atom stereocenters. The van der Waals surface area contributed by atoms with Crippen molar-refractivity contribution in [2.24, 2.45) is 5.14 Å². The first-order valence-corrected chi connectivity index (χ1v) is 12.9. The van der Waals surface area contributed by atoms with Crippen LogP contribution in [0.2, 0.25) is 5.02 Å². The van der Waals surface area contributed by atoms with E-state index in [1.54, 1.807) is 12.5 Å². The van der Waals surface area contributed by atoms with Crippen molar-refractivity contribution in [1.29, 1.82) is 0 Å². The number of thiazole rings is 1. The van der Waals surface area contributed by atoms with Crippen molar-refractivity contribution in [2.45, 2.75) is 23.9 Å². The van der Waals surface area contributed by atoms with E-state index < -0.39 is 20.7 Å². The summed E-state index contributed by atoms with van der Waals surface area (Å²) in [5.74, 6) is -0.367. The van der Waals surface area contributed by atoms with Crippen LogP contribution in [0, 0.1) is 5.82 Å². The normalized spacial score (nSPS) is 16.8. The van der Waals surface area contributed by atoms with Gasteiger partial charge in [-0.05, 0) is 24.6 Å². The van der Waals surface area contributed by atoms with E-state index in [4.69, 9.17) is 21.5 Å². The van der Waals surface area contributed by atoms with Crippen molar-refractivity contribution in [3.8, 4) is 17.1 Å². The summed E-state index contributed by atoms with van der Waals surface area (Å²) in [6.07, 6.45) is 0.941. The number of benzene rings is 1. The molecular weight excluding hydrogens is 489 g/mol. The molecule has 3 heterocycles. The highest BCUT2D eigenvalue weighted by molar-refractivity contribution is 7.89. The molecule has 176 valence electrons. The minimum absolute atomic E-state index is 0.000396. The van der Waals surface area contributed by atoms with Gasteiger partial charge in [0.1, 0.15) is 4.90 Å². The lowest BCUT2D eigenvalue weighted by Crippen LogP contribution is -2.34. The molecule has 1 atom stereocenters. The maximum absolute atomic E-state index is 14.9. The van der Waals surface area contributed by atoms with E-state index in [0.29, 0.717) is 23.3 Å². The van der Waals surface area contributed by atoms with E-state index in [2.05, 4.69) is 19.8 Å². The molecule has 0 radical (unpaired) electrons. The molecule has 1 fully saturated rings. The fourth-order valence-corrected chi connectivity index (χ4v) is 5.62. The number of hydrogen-bond acceptors (Lipinski definition) is 8. The Bertz CT molecular complexity index is 1270. The van der Waals surface area contributed by atoms with E-state index in [-0.39, 0.29) is 16.6 Å². The number of ether oxygens (including phenoxy) is 1. The third kappa shape index (κ3) is 5.28. The lowest BCUT2D eigenvalue weighted by molar-refractivity contribution is 0.318. The van der Waals surface area contributed by atoms with E-state index in [1.165, 1.54) is 17.4 Å². The van der Waals surface area contributed by atoms with Crippen LogP contribution in [0.4, 0.5) is 9.52 Å². The van der Waals surface area contributed by atoms with E-state index >= 15 is 0 Å². The maximum Gasteiger partial charge on any atom is 0.241 e. The first-order chi connectivity index (χ1) is 15.7. The van der Waals surface area contributed by atoms with E-state index in [0.717, 1.165) is 31.3 Å². The van der Waals surface area contributed by atoms with Gasteiger partial charge in [0.25, 0.3) is 0 Å². The highest BCUT2D eigenvalue weighted by Crippen LogP contribution is 2.34. The van der Waals surface area contributed by atoms with Crippen LogP contribution in [0.25, 0.3) is 11.3 Å². The quantitative estimate of drug-likeness (QED) is 0.519. The number of halogens is 2. The number of pyridine rings is 1. The number of nitrogens with two attached hydrogens (primary N) is 1. The summed E-state index contributed by atoms with van der Waals surface area (Å²) >= 11 is 7.37. The number of methoxy groups -OCH3 is 1. The molecule has 33 heavy (non-hydrogen) atoms. The second-order valence-electron chi connectivity index (χ2n) is 7.79. The van der Waals surface area contributed by atoms with Gasteiger partial charge in [-0.2, -0.15) is 0 Å². The average molecular weight is 512 g/mol. The molecule has 12 heteroatoms. The zero-order valence-electron chi connectivity index (χ0n) is 18.0. The Hall–Kier alpha value is -2.31. The summed E-state index contributed by atoms with van der Waals surface area (Å²) in [7, 11) is -0.712. The van der Waals surface area contributed by atoms with Crippen molar-refractivity contribution in [2.75, 3.05) is 32.1 Å². The second-order valence-corrected chi connectivity index (χ2v) is 10.6. The van der Waals surface area contributed by atoms with Crippen molar-refractivity contribution in [3.63, 3.8) is 0 Å². The first kappa shape index (κ1) is 23.8. The van der Waals surface area contributed by atoms with Gasteiger partial charge in [0.05, 0.1) is 18.5 Å². The Balaban J connectivity index is 1.49. The number of rotatable bonds is 7. The Morgan fingerprint density at radius 1 is 1.36 bits per heavy atom.